The van der Waals surface area contributed by atoms with Crippen molar-refractivity contribution in [3.63, 3.8) is 0 Å². The summed E-state index contributed by atoms with van der Waals surface area (Å²) in [4.78, 5) is 4.06. The summed E-state index contributed by atoms with van der Waals surface area (Å²) in [6.45, 7) is 2.42. The standard InChI is InChI=1S/C11H14BrClN2O3S/c1-8-6-15(7-10(3-13)18-8)19(16,17)11-2-9(12)4-14-5-11/h2,4-5,8,10H,3,6-7H2,1H3. The molecule has 1 aliphatic rings. The number of halogens is 2. The Morgan fingerprint density at radius 3 is 2.89 bits per heavy atom. The van der Waals surface area contributed by atoms with Gasteiger partial charge < -0.3 is 4.74 Å². The highest BCUT2D eigenvalue weighted by Crippen LogP contribution is 2.22. The van der Waals surface area contributed by atoms with Crippen molar-refractivity contribution in [3.05, 3.63) is 22.9 Å². The van der Waals surface area contributed by atoms with E-state index < -0.39 is 10.0 Å². The first kappa shape index (κ1) is 15.2. The van der Waals surface area contributed by atoms with Gasteiger partial charge in [0.15, 0.2) is 0 Å². The third kappa shape index (κ3) is 3.46. The van der Waals surface area contributed by atoms with Crippen LogP contribution in [0.25, 0.3) is 0 Å². The summed E-state index contributed by atoms with van der Waals surface area (Å²) in [5, 5.41) is 0. The number of morpholine rings is 1. The van der Waals surface area contributed by atoms with Crippen LogP contribution in [0.2, 0.25) is 0 Å². The largest absolute Gasteiger partial charge is 0.371 e. The maximum absolute atomic E-state index is 12.5. The molecule has 0 bridgehead atoms. The Balaban J connectivity index is 2.29. The first-order chi connectivity index (χ1) is 8.93. The summed E-state index contributed by atoms with van der Waals surface area (Å²) >= 11 is 8.99. The van der Waals surface area contributed by atoms with Gasteiger partial charge in [0.1, 0.15) is 4.90 Å². The molecule has 1 aliphatic heterocycles. The van der Waals surface area contributed by atoms with Gasteiger partial charge in [-0.05, 0) is 28.9 Å². The summed E-state index contributed by atoms with van der Waals surface area (Å²) in [6.07, 6.45) is 2.44. The molecular weight excluding hydrogens is 356 g/mol. The molecule has 2 atom stereocenters. The Hall–Kier alpha value is -0.210. The summed E-state index contributed by atoms with van der Waals surface area (Å²) in [7, 11) is -3.56. The number of alkyl halides is 1. The van der Waals surface area contributed by atoms with E-state index in [1.807, 2.05) is 6.92 Å². The second-order valence-electron chi connectivity index (χ2n) is 4.38. The second kappa shape index (κ2) is 6.05. The molecular formula is C11H14BrClN2O3S. The number of nitrogens with zero attached hydrogens (tertiary/aromatic N) is 2. The number of rotatable bonds is 3. The Morgan fingerprint density at radius 1 is 1.53 bits per heavy atom. The molecule has 1 saturated heterocycles. The predicted molar refractivity (Wildman–Crippen MR) is 75.8 cm³/mol. The third-order valence-electron chi connectivity index (χ3n) is 2.78. The highest BCUT2D eigenvalue weighted by Gasteiger charge is 2.33. The van der Waals surface area contributed by atoms with Crippen molar-refractivity contribution in [3.8, 4) is 0 Å². The zero-order valence-electron chi connectivity index (χ0n) is 10.3. The first-order valence-electron chi connectivity index (χ1n) is 5.75. The van der Waals surface area contributed by atoms with Gasteiger partial charge in [-0.3, -0.25) is 4.98 Å². The SMILES string of the molecule is CC1CN(S(=O)(=O)c2cncc(Br)c2)CC(CCl)O1. The summed E-state index contributed by atoms with van der Waals surface area (Å²) in [6, 6.07) is 1.54. The van der Waals surface area contributed by atoms with E-state index in [0.29, 0.717) is 11.0 Å². The van der Waals surface area contributed by atoms with Gasteiger partial charge in [-0.15, -0.1) is 11.6 Å². The molecule has 0 N–H and O–H groups in total. The van der Waals surface area contributed by atoms with E-state index >= 15 is 0 Å². The molecule has 1 aromatic heterocycles. The van der Waals surface area contributed by atoms with Gasteiger partial charge in [0.05, 0.1) is 12.2 Å². The molecule has 106 valence electrons. The molecule has 0 spiro atoms. The average Bonchev–Trinajstić information content (AvgIpc) is 2.38. The maximum atomic E-state index is 12.5. The van der Waals surface area contributed by atoms with Crippen LogP contribution in [-0.2, 0) is 14.8 Å². The number of aromatic nitrogens is 1. The van der Waals surface area contributed by atoms with Crippen LogP contribution in [0.4, 0.5) is 0 Å². The summed E-state index contributed by atoms with van der Waals surface area (Å²) < 4.78 is 32.6. The zero-order chi connectivity index (χ0) is 14.0. The molecule has 5 nitrogen and oxygen atoms in total. The Morgan fingerprint density at radius 2 is 2.26 bits per heavy atom. The topological polar surface area (TPSA) is 59.5 Å². The quantitative estimate of drug-likeness (QED) is 0.763. The van der Waals surface area contributed by atoms with Crippen molar-refractivity contribution in [1.82, 2.24) is 9.29 Å². The number of sulfonamides is 1. The summed E-state index contributed by atoms with van der Waals surface area (Å²) in [5.41, 5.74) is 0. The minimum Gasteiger partial charge on any atom is -0.371 e. The van der Waals surface area contributed by atoms with E-state index in [-0.39, 0.29) is 29.5 Å². The molecule has 19 heavy (non-hydrogen) atoms. The van der Waals surface area contributed by atoms with E-state index in [2.05, 4.69) is 20.9 Å². The predicted octanol–water partition coefficient (Wildman–Crippen LogP) is 1.86. The van der Waals surface area contributed by atoms with Crippen LogP contribution in [-0.4, -0.2) is 48.9 Å². The zero-order valence-corrected chi connectivity index (χ0v) is 13.4. The molecule has 1 fully saturated rings. The molecule has 0 saturated carbocycles. The van der Waals surface area contributed by atoms with E-state index in [4.69, 9.17) is 16.3 Å². The van der Waals surface area contributed by atoms with Gasteiger partial charge >= 0.3 is 0 Å². The van der Waals surface area contributed by atoms with Crippen molar-refractivity contribution in [2.45, 2.75) is 24.0 Å². The van der Waals surface area contributed by atoms with Crippen LogP contribution in [0.3, 0.4) is 0 Å². The van der Waals surface area contributed by atoms with E-state index in [9.17, 15) is 8.42 Å². The molecule has 8 heteroatoms. The lowest BCUT2D eigenvalue weighted by atomic mass is 10.3. The monoisotopic (exact) mass is 368 g/mol. The maximum Gasteiger partial charge on any atom is 0.244 e. The Bertz CT molecular complexity index is 555. The molecule has 2 rings (SSSR count). The van der Waals surface area contributed by atoms with Gasteiger partial charge in [-0.25, -0.2) is 8.42 Å². The lowest BCUT2D eigenvalue weighted by Crippen LogP contribution is -2.49. The van der Waals surface area contributed by atoms with Crippen molar-refractivity contribution >= 4 is 37.6 Å². The molecule has 0 aliphatic carbocycles. The fraction of sp³-hybridized carbons (Fsp3) is 0.545. The minimum atomic E-state index is -3.56. The molecule has 0 radical (unpaired) electrons. The van der Waals surface area contributed by atoms with Crippen LogP contribution in [0.1, 0.15) is 6.92 Å². The molecule has 2 unspecified atom stereocenters. The minimum absolute atomic E-state index is 0.171. The fourth-order valence-corrected chi connectivity index (χ4v) is 4.19. The van der Waals surface area contributed by atoms with Crippen molar-refractivity contribution < 1.29 is 13.2 Å². The van der Waals surface area contributed by atoms with Crippen LogP contribution in [0, 0.1) is 0 Å². The van der Waals surface area contributed by atoms with Gasteiger partial charge in [0.25, 0.3) is 0 Å². The van der Waals surface area contributed by atoms with Crippen molar-refractivity contribution in [1.29, 1.82) is 0 Å². The van der Waals surface area contributed by atoms with Gasteiger partial charge in [0.2, 0.25) is 10.0 Å². The highest BCUT2D eigenvalue weighted by molar-refractivity contribution is 9.10. The number of pyridine rings is 1. The van der Waals surface area contributed by atoms with Gasteiger partial charge in [0, 0.05) is 35.8 Å². The molecule has 0 amide bonds. The fourth-order valence-electron chi connectivity index (χ4n) is 1.97. The van der Waals surface area contributed by atoms with Crippen molar-refractivity contribution in [2.24, 2.45) is 0 Å². The first-order valence-corrected chi connectivity index (χ1v) is 8.52. The third-order valence-corrected chi connectivity index (χ3v) is 5.36. The number of hydrogen-bond donors (Lipinski definition) is 0. The van der Waals surface area contributed by atoms with Crippen LogP contribution in [0.5, 0.6) is 0 Å². The van der Waals surface area contributed by atoms with E-state index in [1.54, 1.807) is 6.20 Å². The highest BCUT2D eigenvalue weighted by atomic mass is 79.9. The van der Waals surface area contributed by atoms with Crippen molar-refractivity contribution in [2.75, 3.05) is 19.0 Å². The van der Waals surface area contributed by atoms with Crippen LogP contribution < -0.4 is 0 Å². The van der Waals surface area contributed by atoms with E-state index in [1.165, 1.54) is 16.6 Å². The smallest absolute Gasteiger partial charge is 0.244 e. The van der Waals surface area contributed by atoms with Crippen LogP contribution in [0.15, 0.2) is 27.8 Å². The lowest BCUT2D eigenvalue weighted by molar-refractivity contribution is -0.0423. The number of hydrogen-bond acceptors (Lipinski definition) is 4. The molecule has 1 aromatic rings. The Kier molecular flexibility index (Phi) is 4.84. The number of ether oxygens (including phenoxy) is 1. The Labute approximate surface area is 126 Å². The normalized spacial score (nSPS) is 25.4. The lowest BCUT2D eigenvalue weighted by Gasteiger charge is -2.35. The van der Waals surface area contributed by atoms with Gasteiger partial charge in [-0.1, -0.05) is 0 Å². The second-order valence-corrected chi connectivity index (χ2v) is 7.55. The molecule has 0 aromatic carbocycles. The average molecular weight is 370 g/mol. The van der Waals surface area contributed by atoms with E-state index in [0.717, 1.165) is 0 Å². The van der Waals surface area contributed by atoms with Crippen LogP contribution >= 0.6 is 27.5 Å². The van der Waals surface area contributed by atoms with Gasteiger partial charge in [-0.2, -0.15) is 4.31 Å². The summed E-state index contributed by atoms with van der Waals surface area (Å²) in [5.74, 6) is 0.271. The molecule has 2 heterocycles.